The highest BCUT2D eigenvalue weighted by Crippen LogP contribution is 2.44. The van der Waals surface area contributed by atoms with Crippen molar-refractivity contribution in [2.75, 3.05) is 26.7 Å². The summed E-state index contributed by atoms with van der Waals surface area (Å²) in [6.45, 7) is 1.49. The number of alkyl carbamates (subject to hydrolysis) is 1. The van der Waals surface area contributed by atoms with Crippen molar-refractivity contribution < 1.29 is 29.0 Å². The van der Waals surface area contributed by atoms with E-state index in [-0.39, 0.29) is 37.9 Å². The maximum Gasteiger partial charge on any atom is 0.407 e. The van der Waals surface area contributed by atoms with Gasteiger partial charge in [0.25, 0.3) is 0 Å². The SMILES string of the molecule is CCCC(NC(=O)OCC1c2ccccc2-c2ccccc21)C(=O)N1CC(=O)N(C)CC1C(=O)O. The molecule has 3 amide bonds. The van der Waals surface area contributed by atoms with Gasteiger partial charge in [0, 0.05) is 13.0 Å². The second kappa shape index (κ2) is 10.2. The summed E-state index contributed by atoms with van der Waals surface area (Å²) in [5.41, 5.74) is 4.36. The fourth-order valence-electron chi connectivity index (χ4n) is 4.81. The van der Waals surface area contributed by atoms with Crippen molar-refractivity contribution in [3.63, 3.8) is 0 Å². The molecule has 0 radical (unpaired) electrons. The van der Waals surface area contributed by atoms with E-state index < -0.39 is 30.1 Å². The first kappa shape index (κ1) is 24.3. The molecule has 184 valence electrons. The highest BCUT2D eigenvalue weighted by atomic mass is 16.5. The molecule has 2 aromatic carbocycles. The van der Waals surface area contributed by atoms with E-state index in [1.165, 1.54) is 11.9 Å². The van der Waals surface area contributed by atoms with E-state index in [0.717, 1.165) is 27.2 Å². The largest absolute Gasteiger partial charge is 0.480 e. The average Bonchev–Trinajstić information content (AvgIpc) is 3.17. The molecular weight excluding hydrogens is 450 g/mol. The molecule has 35 heavy (non-hydrogen) atoms. The molecule has 4 rings (SSSR count). The minimum atomic E-state index is -1.20. The molecule has 2 N–H and O–H groups in total. The van der Waals surface area contributed by atoms with Crippen LogP contribution in [0.15, 0.2) is 48.5 Å². The molecule has 1 fully saturated rings. The number of likely N-dealkylation sites (N-methyl/N-ethyl adjacent to an activating group) is 1. The van der Waals surface area contributed by atoms with Crippen molar-refractivity contribution in [3.05, 3.63) is 59.7 Å². The Labute approximate surface area is 203 Å². The molecule has 0 spiro atoms. The van der Waals surface area contributed by atoms with Gasteiger partial charge in [0.05, 0.1) is 6.54 Å². The number of piperazine rings is 1. The predicted molar refractivity (Wildman–Crippen MR) is 128 cm³/mol. The Bertz CT molecular complexity index is 1100. The number of benzene rings is 2. The molecule has 1 aliphatic carbocycles. The summed E-state index contributed by atoms with van der Waals surface area (Å²) in [6.07, 6.45) is 0.0982. The fraction of sp³-hybridized carbons (Fsp3) is 0.385. The van der Waals surface area contributed by atoms with Gasteiger partial charge in [-0.2, -0.15) is 0 Å². The van der Waals surface area contributed by atoms with Crippen molar-refractivity contribution in [2.45, 2.75) is 37.8 Å². The molecule has 9 nitrogen and oxygen atoms in total. The summed E-state index contributed by atoms with van der Waals surface area (Å²) in [4.78, 5) is 52.1. The monoisotopic (exact) mass is 479 g/mol. The second-order valence-corrected chi connectivity index (χ2v) is 8.91. The molecule has 2 atom stereocenters. The third-order valence-electron chi connectivity index (χ3n) is 6.63. The number of carboxylic acids is 1. The minimum Gasteiger partial charge on any atom is -0.480 e. The van der Waals surface area contributed by atoms with Crippen molar-refractivity contribution in [1.29, 1.82) is 0 Å². The lowest BCUT2D eigenvalue weighted by Crippen LogP contribution is -2.63. The molecule has 1 aliphatic heterocycles. The van der Waals surface area contributed by atoms with Gasteiger partial charge in [-0.15, -0.1) is 0 Å². The Balaban J connectivity index is 1.45. The summed E-state index contributed by atoms with van der Waals surface area (Å²) >= 11 is 0. The van der Waals surface area contributed by atoms with E-state index in [0.29, 0.717) is 6.42 Å². The van der Waals surface area contributed by atoms with E-state index in [4.69, 9.17) is 4.74 Å². The molecule has 1 heterocycles. The van der Waals surface area contributed by atoms with Gasteiger partial charge in [0.1, 0.15) is 25.2 Å². The molecule has 2 unspecified atom stereocenters. The van der Waals surface area contributed by atoms with Crippen LogP contribution in [0.25, 0.3) is 11.1 Å². The first-order chi connectivity index (χ1) is 16.8. The maximum absolute atomic E-state index is 13.2. The first-order valence-corrected chi connectivity index (χ1v) is 11.7. The van der Waals surface area contributed by atoms with Crippen molar-refractivity contribution in [3.8, 4) is 11.1 Å². The number of rotatable bonds is 7. The minimum absolute atomic E-state index is 0.0949. The zero-order valence-corrected chi connectivity index (χ0v) is 19.8. The van der Waals surface area contributed by atoms with Crippen LogP contribution < -0.4 is 5.32 Å². The number of carboxylic acid groups (broad SMARTS) is 1. The number of ether oxygens (including phenoxy) is 1. The van der Waals surface area contributed by atoms with Crippen LogP contribution in [0.3, 0.4) is 0 Å². The van der Waals surface area contributed by atoms with Crippen LogP contribution in [-0.4, -0.2) is 77.6 Å². The second-order valence-electron chi connectivity index (χ2n) is 8.91. The number of hydrogen-bond donors (Lipinski definition) is 2. The highest BCUT2D eigenvalue weighted by molar-refractivity contribution is 5.94. The van der Waals surface area contributed by atoms with E-state index in [1.807, 2.05) is 55.5 Å². The Kier molecular flexibility index (Phi) is 7.04. The smallest absolute Gasteiger partial charge is 0.407 e. The van der Waals surface area contributed by atoms with Crippen LogP contribution in [0.2, 0.25) is 0 Å². The van der Waals surface area contributed by atoms with Gasteiger partial charge < -0.3 is 25.0 Å². The van der Waals surface area contributed by atoms with Crippen LogP contribution in [0.5, 0.6) is 0 Å². The number of nitrogens with zero attached hydrogens (tertiary/aromatic N) is 2. The number of fused-ring (bicyclic) bond motifs is 3. The lowest BCUT2D eigenvalue weighted by Gasteiger charge is -2.38. The van der Waals surface area contributed by atoms with Crippen LogP contribution in [0, 0.1) is 0 Å². The van der Waals surface area contributed by atoms with Crippen LogP contribution >= 0.6 is 0 Å². The summed E-state index contributed by atoms with van der Waals surface area (Å²) in [6, 6.07) is 13.8. The Morgan fingerprint density at radius 3 is 2.26 bits per heavy atom. The zero-order chi connectivity index (χ0) is 25.1. The molecule has 2 aromatic rings. The van der Waals surface area contributed by atoms with Crippen molar-refractivity contribution >= 4 is 23.9 Å². The third kappa shape index (κ3) is 4.84. The topological polar surface area (TPSA) is 116 Å². The van der Waals surface area contributed by atoms with Gasteiger partial charge in [-0.05, 0) is 28.7 Å². The molecule has 9 heteroatoms. The lowest BCUT2D eigenvalue weighted by atomic mass is 9.98. The first-order valence-electron chi connectivity index (χ1n) is 11.7. The normalized spacial score (nSPS) is 18.0. The fourth-order valence-corrected chi connectivity index (χ4v) is 4.81. The molecule has 1 saturated heterocycles. The van der Waals surface area contributed by atoms with Gasteiger partial charge in [0.2, 0.25) is 11.8 Å². The van der Waals surface area contributed by atoms with Crippen molar-refractivity contribution in [1.82, 2.24) is 15.1 Å². The number of carbonyl (C=O) groups is 4. The van der Waals surface area contributed by atoms with Crippen LogP contribution in [0.4, 0.5) is 4.79 Å². The van der Waals surface area contributed by atoms with Gasteiger partial charge in [-0.3, -0.25) is 9.59 Å². The molecule has 0 saturated carbocycles. The Morgan fingerprint density at radius 1 is 1.09 bits per heavy atom. The zero-order valence-electron chi connectivity index (χ0n) is 19.8. The highest BCUT2D eigenvalue weighted by Gasteiger charge is 2.40. The van der Waals surface area contributed by atoms with Crippen molar-refractivity contribution in [2.24, 2.45) is 0 Å². The van der Waals surface area contributed by atoms with Gasteiger partial charge in [0.15, 0.2) is 0 Å². The predicted octanol–water partition coefficient (Wildman–Crippen LogP) is 2.45. The van der Waals surface area contributed by atoms with Gasteiger partial charge in [-0.25, -0.2) is 9.59 Å². The average molecular weight is 480 g/mol. The van der Waals surface area contributed by atoms with E-state index >= 15 is 0 Å². The van der Waals surface area contributed by atoms with E-state index in [9.17, 15) is 24.3 Å². The molecular formula is C26H29N3O6. The number of hydrogen-bond acceptors (Lipinski definition) is 5. The number of aliphatic carboxylic acids is 1. The summed E-state index contributed by atoms with van der Waals surface area (Å²) in [5.74, 6) is -2.28. The standard InChI is InChI=1S/C26H29N3O6/c1-3-8-21(24(31)29-14-23(30)28(2)13-22(29)25(32)33)27-26(34)35-15-20-18-11-6-4-9-16(18)17-10-5-7-12-19(17)20/h4-7,9-12,20-22H,3,8,13-15H2,1-2H3,(H,27,34)(H,32,33). The summed E-state index contributed by atoms with van der Waals surface area (Å²) < 4.78 is 5.55. The maximum atomic E-state index is 13.2. The summed E-state index contributed by atoms with van der Waals surface area (Å²) in [7, 11) is 1.50. The third-order valence-corrected chi connectivity index (χ3v) is 6.63. The quantitative estimate of drug-likeness (QED) is 0.630. The molecule has 2 aliphatic rings. The van der Waals surface area contributed by atoms with Crippen LogP contribution in [-0.2, 0) is 19.1 Å². The molecule has 0 aromatic heterocycles. The lowest BCUT2D eigenvalue weighted by molar-refractivity contribution is -0.159. The summed E-state index contributed by atoms with van der Waals surface area (Å²) in [5, 5.41) is 12.2. The van der Waals surface area contributed by atoms with E-state index in [2.05, 4.69) is 5.32 Å². The van der Waals surface area contributed by atoms with Crippen LogP contribution in [0.1, 0.15) is 36.8 Å². The van der Waals surface area contributed by atoms with Gasteiger partial charge >= 0.3 is 12.1 Å². The number of carbonyl (C=O) groups excluding carboxylic acids is 3. The van der Waals surface area contributed by atoms with E-state index in [1.54, 1.807) is 0 Å². The van der Waals surface area contributed by atoms with Gasteiger partial charge in [-0.1, -0.05) is 61.9 Å². The Morgan fingerprint density at radius 2 is 1.69 bits per heavy atom. The molecule has 0 bridgehead atoms. The Hall–Kier alpha value is -3.88. The number of nitrogens with one attached hydrogen (secondary N) is 1. The number of amides is 3.